The molecule has 3 aromatic rings. The van der Waals surface area contributed by atoms with E-state index in [1.807, 2.05) is 98.3 Å². The number of nitrogens with one attached hydrogen (secondary N) is 3. The van der Waals surface area contributed by atoms with E-state index < -0.39 is 23.6 Å². The quantitative estimate of drug-likeness (QED) is 0.00877. The number of carboxylic acids is 1. The summed E-state index contributed by atoms with van der Waals surface area (Å²) in [4.78, 5) is 82.1. The van der Waals surface area contributed by atoms with Gasteiger partial charge in [-0.3, -0.25) is 4.79 Å². The molecule has 74 heavy (non-hydrogen) atoms. The van der Waals surface area contributed by atoms with Crippen molar-refractivity contribution in [3.8, 4) is 22.5 Å². The fourth-order valence-electron chi connectivity index (χ4n) is 9.23. The van der Waals surface area contributed by atoms with Gasteiger partial charge in [0.2, 0.25) is 5.36 Å². The van der Waals surface area contributed by atoms with Crippen molar-refractivity contribution in [3.63, 3.8) is 0 Å². The second-order valence-corrected chi connectivity index (χ2v) is 25.3. The van der Waals surface area contributed by atoms with Crippen molar-refractivity contribution >= 4 is 57.9 Å². The number of fused-ring (bicyclic) bond motifs is 2. The molecule has 2 aliphatic rings. The van der Waals surface area contributed by atoms with Gasteiger partial charge in [0, 0.05) is 84.9 Å². The van der Waals surface area contributed by atoms with Gasteiger partial charge >= 0.3 is 29.6 Å². The third-order valence-corrected chi connectivity index (χ3v) is 18.2. The fourth-order valence-corrected chi connectivity index (χ4v) is 13.6. The molecule has 1 aliphatic carbocycles. The number of aromatic carboxylic acids is 1. The van der Waals surface area contributed by atoms with Crippen molar-refractivity contribution in [1.82, 2.24) is 15.2 Å². The Kier molecular flexibility index (Phi) is 23.8. The van der Waals surface area contributed by atoms with E-state index in [9.17, 15) is 38.7 Å². The summed E-state index contributed by atoms with van der Waals surface area (Å²) < 4.78 is 13.6. The smallest absolute Gasteiger partial charge is 0.478 e. The monoisotopic (exact) mass is 1050 g/mol. The van der Waals surface area contributed by atoms with E-state index in [1.165, 1.54) is 11.6 Å². The van der Waals surface area contributed by atoms with Crippen molar-refractivity contribution < 1.29 is 47.2 Å². The van der Waals surface area contributed by atoms with E-state index in [0.717, 1.165) is 136 Å². The summed E-state index contributed by atoms with van der Waals surface area (Å²) in [5.74, 6) is -0.380. The number of urea groups is 1. The zero-order chi connectivity index (χ0) is 53.7. The summed E-state index contributed by atoms with van der Waals surface area (Å²) >= 11 is 0. The molecule has 0 atom stereocenters. The first-order valence-electron chi connectivity index (χ1n) is 26.9. The number of nitrogens with zero attached hydrogens (tertiary/aromatic N) is 2. The lowest BCUT2D eigenvalue weighted by atomic mass is 9.89. The third kappa shape index (κ3) is 19.4. The molecule has 0 saturated carbocycles. The Morgan fingerprint density at radius 2 is 1.16 bits per heavy atom. The highest BCUT2D eigenvalue weighted by Crippen LogP contribution is 2.42. The minimum absolute atomic E-state index is 0.0306. The van der Waals surface area contributed by atoms with Crippen LogP contribution >= 0.6 is 0 Å². The molecule has 17 heteroatoms. The molecule has 3 aromatic carbocycles. The normalized spacial score (nSPS) is 11.9. The molecule has 1 aliphatic heterocycles. The van der Waals surface area contributed by atoms with Crippen LogP contribution < -0.4 is 30.8 Å². The van der Waals surface area contributed by atoms with Crippen LogP contribution in [-0.2, 0) is 4.12 Å². The molecular weight excluding hydrogens is 971 g/mol. The van der Waals surface area contributed by atoms with Gasteiger partial charge in [0.1, 0.15) is 25.4 Å². The van der Waals surface area contributed by atoms with Crippen LogP contribution in [0.1, 0.15) is 162 Å². The summed E-state index contributed by atoms with van der Waals surface area (Å²) in [6.45, 7) is 5.39. The first-order valence-corrected chi connectivity index (χ1v) is 30.9. The van der Waals surface area contributed by atoms with Crippen LogP contribution in [0.4, 0.5) is 16.2 Å². The maximum Gasteiger partial charge on any atom is 0.488 e. The number of amides is 3. The molecule has 0 bridgehead atoms. The number of unbranched alkanes of at least 4 members (excludes halogenated alkanes) is 16. The van der Waals surface area contributed by atoms with Crippen LogP contribution in [0, 0.1) is 0 Å². The zero-order valence-corrected chi connectivity index (χ0v) is 46.8. The van der Waals surface area contributed by atoms with Crippen molar-refractivity contribution in [2.45, 2.75) is 147 Å². The Morgan fingerprint density at radius 3 is 1.69 bits per heavy atom. The zero-order valence-electron chi connectivity index (χ0n) is 44.8. The number of hydrogen-bond donors (Lipinski definition) is 8. The third-order valence-electron chi connectivity index (χ3n) is 13.6. The van der Waals surface area contributed by atoms with Gasteiger partial charge in [-0.05, 0) is 85.2 Å². The molecule has 0 spiro atoms. The number of rotatable bonds is 32. The van der Waals surface area contributed by atoms with E-state index in [0.29, 0.717) is 48.8 Å². The van der Waals surface area contributed by atoms with Crippen molar-refractivity contribution in [2.75, 3.05) is 51.5 Å². The molecule has 1 heterocycles. The lowest BCUT2D eigenvalue weighted by Crippen LogP contribution is -2.52. The Morgan fingerprint density at radius 1 is 0.635 bits per heavy atom. The molecule has 3 amide bonds. The van der Waals surface area contributed by atoms with Crippen LogP contribution in [0.5, 0.6) is 0 Å². The Hall–Kier alpha value is -5.41. The van der Waals surface area contributed by atoms with Crippen molar-refractivity contribution in [2.24, 2.45) is 0 Å². The summed E-state index contributed by atoms with van der Waals surface area (Å²) in [6, 6.07) is 24.4. The number of anilines is 2. The Labute approximate surface area is 440 Å². The summed E-state index contributed by atoms with van der Waals surface area (Å²) in [5.41, 5.74) is 5.89. The topological polar surface area (TPSA) is 217 Å². The number of carboxylic acid groups (broad SMARTS) is 1. The van der Waals surface area contributed by atoms with Gasteiger partial charge in [0.15, 0.2) is 0 Å². The molecule has 0 aromatic heterocycles. The van der Waals surface area contributed by atoms with Gasteiger partial charge in [-0.2, -0.15) is 0 Å². The standard InChI is InChI=1S/C57H83N5O10Si2/c1-42(2)43-25-28-45(29-26-43)60-57(66)59-36-22-18-14-10-8-12-16-20-24-38-74(69,70)72-73(67,68)37-23-19-15-11-7-9-13-17-21-35-58-55(63)44-27-32-48(51(39-44)56(64)65)54-49-33-30-46(61(3)4)40-52(49)71-53-41-47(62(5)6)31-34-50(53)54/h25-34,39-42,67-70H,7-24,35-38H2,1-6H3,(H3-,58,59,60,63,64,65,66)/p+1. The molecule has 5 rings (SSSR count). The number of hydrogen-bond acceptors (Lipinski definition) is 10. The highest BCUT2D eigenvalue weighted by atomic mass is 28.5. The number of carbonyl (C=O) groups excluding carboxylic acids is 2. The Bertz CT molecular complexity index is 2610. The molecule has 0 unspecified atom stereocenters. The first kappa shape index (κ1) is 59.5. The highest BCUT2D eigenvalue weighted by Gasteiger charge is 2.44. The molecule has 404 valence electrons. The summed E-state index contributed by atoms with van der Waals surface area (Å²) in [7, 11) is -0.529. The minimum Gasteiger partial charge on any atom is -0.478 e. The second-order valence-electron chi connectivity index (χ2n) is 20.6. The van der Waals surface area contributed by atoms with E-state index >= 15 is 0 Å². The number of carbonyl (C=O) groups is 3. The highest BCUT2D eigenvalue weighted by molar-refractivity contribution is 6.72. The maximum atomic E-state index is 13.3. The Balaban J connectivity index is 0.889. The first-order chi connectivity index (χ1) is 35.3. The van der Waals surface area contributed by atoms with E-state index in [-0.39, 0.29) is 35.2 Å². The van der Waals surface area contributed by atoms with E-state index in [4.69, 9.17) is 8.53 Å². The lowest BCUT2D eigenvalue weighted by molar-refractivity contribution is 0.0697. The second kappa shape index (κ2) is 29.6. The van der Waals surface area contributed by atoms with Gasteiger partial charge in [-0.25, -0.2) is 14.2 Å². The van der Waals surface area contributed by atoms with Gasteiger partial charge in [-0.1, -0.05) is 122 Å². The average Bonchev–Trinajstić information content (AvgIpc) is 3.35. The van der Waals surface area contributed by atoms with Crippen molar-refractivity contribution in [3.05, 3.63) is 101 Å². The molecule has 15 nitrogen and oxygen atoms in total. The summed E-state index contributed by atoms with van der Waals surface area (Å²) in [6.07, 6.45) is 16.8. The van der Waals surface area contributed by atoms with Gasteiger partial charge < -0.3 is 53.7 Å². The van der Waals surface area contributed by atoms with Crippen LogP contribution in [0.15, 0.2) is 83.3 Å². The predicted octanol–water partition coefficient (Wildman–Crippen LogP) is 10.6. The minimum atomic E-state index is -4.17. The number of benzene rings is 4. The lowest BCUT2D eigenvalue weighted by Gasteiger charge is -2.25. The van der Waals surface area contributed by atoms with E-state index in [2.05, 4.69) is 29.8 Å². The fraction of sp³-hybridized carbons (Fsp3) is 0.509. The van der Waals surface area contributed by atoms with Gasteiger partial charge in [0.05, 0.1) is 11.6 Å². The average molecular weight is 1060 g/mol. The van der Waals surface area contributed by atoms with Crippen LogP contribution in [-0.4, -0.2) is 101 Å². The van der Waals surface area contributed by atoms with Gasteiger partial charge in [0.25, 0.3) is 5.91 Å². The van der Waals surface area contributed by atoms with E-state index in [1.54, 1.807) is 12.1 Å². The van der Waals surface area contributed by atoms with Crippen molar-refractivity contribution in [1.29, 1.82) is 0 Å². The predicted molar refractivity (Wildman–Crippen MR) is 301 cm³/mol. The van der Waals surface area contributed by atoms with Crippen LogP contribution in [0.2, 0.25) is 12.1 Å². The van der Waals surface area contributed by atoms with Crippen LogP contribution in [0.25, 0.3) is 33.4 Å². The largest absolute Gasteiger partial charge is 0.488 e. The molecular formula is C57H84N5O10Si2+. The molecule has 8 N–H and O–H groups in total. The molecule has 0 fully saturated rings. The molecule has 0 saturated heterocycles. The summed E-state index contributed by atoms with van der Waals surface area (Å²) in [5, 5.41) is 20.9. The maximum absolute atomic E-state index is 13.3. The van der Waals surface area contributed by atoms with Gasteiger partial charge in [-0.15, -0.1) is 0 Å². The molecule has 0 radical (unpaired) electrons. The SMILES string of the molecule is CC(C)c1ccc(NC(=O)NCCCCCCCCCCC[Si](O)(O)O[Si](O)(O)CCCCCCCCCCCNC(=O)c2ccc(-c3c4ccc(=[N+](C)C)cc-4oc4cc(N(C)C)ccc34)c(C(=O)O)c2)cc1. The van der Waals surface area contributed by atoms with Crippen LogP contribution in [0.3, 0.4) is 0 Å².